The Morgan fingerprint density at radius 2 is 1.76 bits per heavy atom. The Morgan fingerprint density at radius 1 is 1.05 bits per heavy atom. The molecular formula is C30H27ClFN5O4S. The van der Waals surface area contributed by atoms with Crippen molar-refractivity contribution in [3.8, 4) is 11.1 Å². The Labute approximate surface area is 250 Å². The van der Waals surface area contributed by atoms with E-state index in [0.717, 1.165) is 11.1 Å². The number of amides is 3. The van der Waals surface area contributed by atoms with Crippen LogP contribution in [0.4, 0.5) is 20.0 Å². The van der Waals surface area contributed by atoms with Crippen LogP contribution in [0.25, 0.3) is 11.1 Å². The molecule has 0 bridgehead atoms. The SMILES string of the molecule is CC(=O)NC[C@H]1CN(c2ccc(-c3ccc(CNC(=O)c4csc(NCc5ccc(Cl)cc5)n4)cc3)c(F)c2)C(=O)O1. The average Bonchev–Trinajstić information content (AvgIpc) is 3.61. The second-order valence-electron chi connectivity index (χ2n) is 9.62. The van der Waals surface area contributed by atoms with Gasteiger partial charge in [-0.15, -0.1) is 11.3 Å². The molecule has 0 spiro atoms. The number of benzene rings is 3. The summed E-state index contributed by atoms with van der Waals surface area (Å²) in [5.41, 5.74) is 3.60. The number of halogens is 2. The third-order valence-corrected chi connectivity index (χ3v) is 7.58. The third kappa shape index (κ3) is 7.23. The lowest BCUT2D eigenvalue weighted by Gasteiger charge is -2.15. The van der Waals surface area contributed by atoms with Crippen LogP contribution in [0.15, 0.2) is 72.1 Å². The van der Waals surface area contributed by atoms with Crippen molar-refractivity contribution in [3.05, 3.63) is 99.8 Å². The van der Waals surface area contributed by atoms with Crippen molar-refractivity contribution < 1.29 is 23.5 Å². The van der Waals surface area contributed by atoms with Crippen molar-refractivity contribution in [3.63, 3.8) is 0 Å². The molecular weight excluding hydrogens is 581 g/mol. The van der Waals surface area contributed by atoms with Crippen LogP contribution in [-0.2, 0) is 22.6 Å². The van der Waals surface area contributed by atoms with Crippen molar-refractivity contribution in [2.75, 3.05) is 23.3 Å². The van der Waals surface area contributed by atoms with Gasteiger partial charge in [-0.25, -0.2) is 14.2 Å². The zero-order valence-electron chi connectivity index (χ0n) is 22.5. The molecule has 0 radical (unpaired) electrons. The molecule has 2 heterocycles. The highest BCUT2D eigenvalue weighted by Crippen LogP contribution is 2.29. The fourth-order valence-electron chi connectivity index (χ4n) is 4.32. The standard InChI is InChI=1S/C30H27ClFN5O4S/c1-18(38)33-15-24-16-37(30(40)41-24)23-10-11-25(26(32)12-23)21-6-2-19(3-7-21)13-34-28(39)27-17-42-29(36-27)35-14-20-4-8-22(31)9-5-20/h2-12,17,24H,13-16H2,1H3,(H,33,38)(H,34,39)(H,35,36)/t24-/m0/s1. The summed E-state index contributed by atoms with van der Waals surface area (Å²) >= 11 is 7.26. The highest BCUT2D eigenvalue weighted by molar-refractivity contribution is 7.13. The van der Waals surface area contributed by atoms with Gasteiger partial charge in [0.15, 0.2) is 5.13 Å². The highest BCUT2D eigenvalue weighted by Gasteiger charge is 2.32. The molecule has 1 atom stereocenters. The Morgan fingerprint density at radius 3 is 2.48 bits per heavy atom. The fraction of sp³-hybridized carbons (Fsp3) is 0.200. The highest BCUT2D eigenvalue weighted by atomic mass is 35.5. The Hall–Kier alpha value is -4.48. The molecule has 4 aromatic rings. The molecule has 12 heteroatoms. The molecule has 1 saturated heterocycles. The number of nitrogens with zero attached hydrogens (tertiary/aromatic N) is 2. The van der Waals surface area contributed by atoms with Gasteiger partial charge < -0.3 is 20.7 Å². The monoisotopic (exact) mass is 607 g/mol. The van der Waals surface area contributed by atoms with Gasteiger partial charge in [-0.05, 0) is 47.0 Å². The minimum atomic E-state index is -0.591. The van der Waals surface area contributed by atoms with Gasteiger partial charge in [0.2, 0.25) is 5.91 Å². The largest absolute Gasteiger partial charge is 0.442 e. The molecule has 1 aliphatic rings. The Kier molecular flexibility index (Phi) is 8.99. The summed E-state index contributed by atoms with van der Waals surface area (Å²) in [6.07, 6.45) is -1.10. The van der Waals surface area contributed by atoms with Gasteiger partial charge in [0.05, 0.1) is 18.8 Å². The zero-order valence-corrected chi connectivity index (χ0v) is 24.1. The van der Waals surface area contributed by atoms with Crippen LogP contribution in [0, 0.1) is 5.82 Å². The van der Waals surface area contributed by atoms with Crippen molar-refractivity contribution in [1.82, 2.24) is 15.6 Å². The molecule has 5 rings (SSSR count). The second kappa shape index (κ2) is 13.0. The molecule has 3 aromatic carbocycles. The molecule has 0 saturated carbocycles. The quantitative estimate of drug-likeness (QED) is 0.216. The number of cyclic esters (lactones) is 1. The number of anilines is 2. The maximum Gasteiger partial charge on any atom is 0.414 e. The number of carbonyl (C=O) groups excluding carboxylic acids is 3. The van der Waals surface area contributed by atoms with Crippen LogP contribution in [0.5, 0.6) is 0 Å². The molecule has 3 amide bonds. The first kappa shape index (κ1) is 29.0. The second-order valence-corrected chi connectivity index (χ2v) is 10.9. The van der Waals surface area contributed by atoms with Crippen LogP contribution in [-0.4, -0.2) is 42.1 Å². The lowest BCUT2D eigenvalue weighted by molar-refractivity contribution is -0.119. The van der Waals surface area contributed by atoms with Crippen molar-refractivity contribution in [2.24, 2.45) is 0 Å². The Bertz CT molecular complexity index is 1600. The van der Waals surface area contributed by atoms with E-state index in [-0.39, 0.29) is 31.4 Å². The number of thiazole rings is 1. The number of hydrogen-bond donors (Lipinski definition) is 3. The molecule has 42 heavy (non-hydrogen) atoms. The first-order chi connectivity index (χ1) is 20.2. The van der Waals surface area contributed by atoms with E-state index in [1.54, 1.807) is 29.6 Å². The summed E-state index contributed by atoms with van der Waals surface area (Å²) < 4.78 is 20.3. The van der Waals surface area contributed by atoms with Crippen molar-refractivity contribution >= 4 is 51.7 Å². The van der Waals surface area contributed by atoms with E-state index in [2.05, 4.69) is 20.9 Å². The van der Waals surface area contributed by atoms with E-state index in [9.17, 15) is 14.4 Å². The first-order valence-corrected chi connectivity index (χ1v) is 14.3. The normalized spacial score (nSPS) is 14.4. The molecule has 3 N–H and O–H groups in total. The minimum Gasteiger partial charge on any atom is -0.442 e. The zero-order chi connectivity index (χ0) is 29.6. The van der Waals surface area contributed by atoms with Crippen LogP contribution in [0.3, 0.4) is 0 Å². The van der Waals surface area contributed by atoms with E-state index >= 15 is 4.39 Å². The van der Waals surface area contributed by atoms with Gasteiger partial charge in [-0.3, -0.25) is 14.5 Å². The molecule has 0 aliphatic carbocycles. The van der Waals surface area contributed by atoms with E-state index in [1.165, 1.54) is 29.2 Å². The lowest BCUT2D eigenvalue weighted by Crippen LogP contribution is -2.33. The predicted octanol–water partition coefficient (Wildman–Crippen LogP) is 5.61. The summed E-state index contributed by atoms with van der Waals surface area (Å²) in [4.78, 5) is 41.7. The molecule has 1 aliphatic heterocycles. The molecule has 1 fully saturated rings. The smallest absolute Gasteiger partial charge is 0.414 e. The van der Waals surface area contributed by atoms with E-state index < -0.39 is 18.0 Å². The van der Waals surface area contributed by atoms with E-state index in [4.69, 9.17) is 16.3 Å². The van der Waals surface area contributed by atoms with Gasteiger partial charge in [0, 0.05) is 36.0 Å². The molecule has 9 nitrogen and oxygen atoms in total. The summed E-state index contributed by atoms with van der Waals surface area (Å²) in [5, 5.41) is 11.7. The van der Waals surface area contributed by atoms with Gasteiger partial charge in [0.1, 0.15) is 17.6 Å². The number of carbonyl (C=O) groups is 3. The van der Waals surface area contributed by atoms with Gasteiger partial charge in [-0.2, -0.15) is 0 Å². The predicted molar refractivity (Wildman–Crippen MR) is 160 cm³/mol. The van der Waals surface area contributed by atoms with Crippen LogP contribution < -0.4 is 20.9 Å². The number of ether oxygens (including phenoxy) is 1. The van der Waals surface area contributed by atoms with Crippen molar-refractivity contribution in [2.45, 2.75) is 26.1 Å². The molecule has 216 valence electrons. The van der Waals surface area contributed by atoms with Crippen LogP contribution >= 0.6 is 22.9 Å². The van der Waals surface area contributed by atoms with Gasteiger partial charge in [-0.1, -0.05) is 48.0 Å². The number of nitrogens with one attached hydrogen (secondary N) is 3. The van der Waals surface area contributed by atoms with Gasteiger partial charge in [0.25, 0.3) is 5.91 Å². The number of rotatable bonds is 10. The Balaban J connectivity index is 1.14. The maximum absolute atomic E-state index is 15.1. The topological polar surface area (TPSA) is 113 Å². The maximum atomic E-state index is 15.1. The summed E-state index contributed by atoms with van der Waals surface area (Å²) in [7, 11) is 0. The summed E-state index contributed by atoms with van der Waals surface area (Å²) in [6, 6.07) is 19.2. The number of hydrogen-bond acceptors (Lipinski definition) is 7. The summed E-state index contributed by atoms with van der Waals surface area (Å²) in [5.74, 6) is -1.01. The molecule has 0 unspecified atom stereocenters. The van der Waals surface area contributed by atoms with E-state index in [1.807, 2.05) is 36.4 Å². The first-order valence-electron chi connectivity index (χ1n) is 13.1. The van der Waals surface area contributed by atoms with Crippen LogP contribution in [0.1, 0.15) is 28.5 Å². The van der Waals surface area contributed by atoms with Crippen LogP contribution in [0.2, 0.25) is 5.02 Å². The van der Waals surface area contributed by atoms with E-state index in [0.29, 0.717) is 39.2 Å². The molecule has 1 aromatic heterocycles. The fourth-order valence-corrected chi connectivity index (χ4v) is 5.13. The lowest BCUT2D eigenvalue weighted by atomic mass is 10.0. The average molecular weight is 608 g/mol. The summed E-state index contributed by atoms with van der Waals surface area (Å²) in [6.45, 7) is 2.63. The van der Waals surface area contributed by atoms with Crippen molar-refractivity contribution in [1.29, 1.82) is 0 Å². The van der Waals surface area contributed by atoms with Gasteiger partial charge >= 0.3 is 6.09 Å². The minimum absolute atomic E-state index is 0.193. The number of aromatic nitrogens is 1. The third-order valence-electron chi connectivity index (χ3n) is 6.53.